The van der Waals surface area contributed by atoms with Crippen LogP contribution in [0.2, 0.25) is 0 Å². The van der Waals surface area contributed by atoms with Crippen molar-refractivity contribution in [2.45, 2.75) is 13.0 Å². The van der Waals surface area contributed by atoms with Crippen LogP contribution in [0, 0.1) is 0 Å². The summed E-state index contributed by atoms with van der Waals surface area (Å²) in [4.78, 5) is 24.8. The first-order valence-electron chi connectivity index (χ1n) is 7.67. The van der Waals surface area contributed by atoms with E-state index in [1.807, 2.05) is 24.3 Å². The van der Waals surface area contributed by atoms with Crippen LogP contribution in [0.3, 0.4) is 0 Å². The van der Waals surface area contributed by atoms with Gasteiger partial charge in [0.05, 0.1) is 34.4 Å². The molecular formula is C18H13N3O3S. The van der Waals surface area contributed by atoms with Gasteiger partial charge in [-0.15, -0.1) is 0 Å². The van der Waals surface area contributed by atoms with Gasteiger partial charge in [-0.1, -0.05) is 36.4 Å². The fourth-order valence-corrected chi connectivity index (χ4v) is 3.70. The molecule has 0 saturated heterocycles. The maximum atomic E-state index is 12.8. The molecule has 4 rings (SSSR count). The molecule has 2 heterocycles. The van der Waals surface area contributed by atoms with Gasteiger partial charge in [-0.05, 0) is 23.7 Å². The average molecular weight is 351 g/mol. The molecule has 0 aliphatic heterocycles. The highest BCUT2D eigenvalue weighted by molar-refractivity contribution is 7.07. The Balaban J connectivity index is 1.88. The molecule has 0 atom stereocenters. The molecule has 124 valence electrons. The summed E-state index contributed by atoms with van der Waals surface area (Å²) in [5, 5.41) is 15.5. The third-order valence-corrected chi connectivity index (χ3v) is 4.87. The van der Waals surface area contributed by atoms with Crippen molar-refractivity contribution in [1.82, 2.24) is 14.2 Å². The Morgan fingerprint density at radius 3 is 2.48 bits per heavy atom. The first kappa shape index (κ1) is 15.5. The van der Waals surface area contributed by atoms with Crippen LogP contribution in [-0.2, 0) is 17.8 Å². The van der Waals surface area contributed by atoms with E-state index in [2.05, 4.69) is 9.47 Å². The molecule has 0 saturated carbocycles. The van der Waals surface area contributed by atoms with Crippen molar-refractivity contribution in [3.63, 3.8) is 0 Å². The van der Waals surface area contributed by atoms with Crippen molar-refractivity contribution < 1.29 is 9.90 Å². The summed E-state index contributed by atoms with van der Waals surface area (Å²) in [6.07, 6.45) is -0.232. The molecule has 2 aromatic heterocycles. The number of benzene rings is 2. The summed E-state index contributed by atoms with van der Waals surface area (Å²) in [7, 11) is 0. The first-order valence-corrected chi connectivity index (χ1v) is 8.44. The van der Waals surface area contributed by atoms with Crippen LogP contribution in [0.4, 0.5) is 0 Å². The number of carbonyl (C=O) groups is 1. The molecule has 2 aromatic carbocycles. The lowest BCUT2D eigenvalue weighted by atomic mass is 10.1. The van der Waals surface area contributed by atoms with Crippen molar-refractivity contribution in [3.05, 3.63) is 69.5 Å². The van der Waals surface area contributed by atoms with Crippen molar-refractivity contribution in [3.8, 4) is 0 Å². The number of hydrogen-bond donors (Lipinski definition) is 1. The fraction of sp³-hybridized carbons (Fsp3) is 0.111. The topological polar surface area (TPSA) is 85.1 Å². The van der Waals surface area contributed by atoms with Crippen LogP contribution >= 0.6 is 11.5 Å². The van der Waals surface area contributed by atoms with Crippen LogP contribution in [-0.4, -0.2) is 25.2 Å². The van der Waals surface area contributed by atoms with Crippen LogP contribution in [0.5, 0.6) is 0 Å². The summed E-state index contributed by atoms with van der Waals surface area (Å²) in [6.45, 7) is 0.265. The monoisotopic (exact) mass is 351 g/mol. The van der Waals surface area contributed by atoms with Gasteiger partial charge < -0.3 is 5.11 Å². The Bertz CT molecular complexity index is 1160. The van der Waals surface area contributed by atoms with E-state index in [0.29, 0.717) is 16.5 Å². The maximum absolute atomic E-state index is 12.8. The number of aromatic nitrogens is 3. The van der Waals surface area contributed by atoms with Gasteiger partial charge in [0, 0.05) is 10.8 Å². The number of hydrogen-bond acceptors (Lipinski definition) is 5. The normalized spacial score (nSPS) is 11.2. The summed E-state index contributed by atoms with van der Waals surface area (Å²) in [6, 6.07) is 14.7. The minimum absolute atomic E-state index is 0.232. The second kappa shape index (κ2) is 6.10. The molecule has 0 radical (unpaired) electrons. The Kier molecular flexibility index (Phi) is 3.77. The Labute approximate surface area is 146 Å². The number of aliphatic carboxylic acids is 1. The van der Waals surface area contributed by atoms with Gasteiger partial charge >= 0.3 is 5.97 Å². The van der Waals surface area contributed by atoms with Gasteiger partial charge in [-0.3, -0.25) is 9.59 Å². The lowest BCUT2D eigenvalue weighted by Crippen LogP contribution is -2.25. The van der Waals surface area contributed by atoms with E-state index < -0.39 is 5.97 Å². The van der Waals surface area contributed by atoms with Gasteiger partial charge in [0.2, 0.25) is 0 Å². The molecule has 1 N–H and O–H groups in total. The minimum Gasteiger partial charge on any atom is -0.481 e. The van der Waals surface area contributed by atoms with Crippen LogP contribution in [0.1, 0.15) is 10.6 Å². The number of fused-ring (bicyclic) bond motifs is 2. The second-order valence-corrected chi connectivity index (χ2v) is 6.51. The molecule has 25 heavy (non-hydrogen) atoms. The van der Waals surface area contributed by atoms with E-state index in [-0.39, 0.29) is 18.5 Å². The molecule has 7 heteroatoms. The summed E-state index contributed by atoms with van der Waals surface area (Å²) < 4.78 is 5.72. The third-order valence-electron chi connectivity index (χ3n) is 4.01. The second-order valence-electron chi connectivity index (χ2n) is 5.65. The molecule has 0 aliphatic carbocycles. The highest BCUT2D eigenvalue weighted by Crippen LogP contribution is 2.23. The lowest BCUT2D eigenvalue weighted by Gasteiger charge is -2.09. The molecular weight excluding hydrogens is 338 g/mol. The Morgan fingerprint density at radius 1 is 1.04 bits per heavy atom. The minimum atomic E-state index is -0.980. The van der Waals surface area contributed by atoms with Gasteiger partial charge in [-0.2, -0.15) is 9.47 Å². The Hall–Kier alpha value is -3.06. The highest BCUT2D eigenvalue weighted by Gasteiger charge is 2.14. The van der Waals surface area contributed by atoms with Crippen molar-refractivity contribution in [2.24, 2.45) is 0 Å². The lowest BCUT2D eigenvalue weighted by molar-refractivity contribution is -0.136. The number of rotatable bonds is 4. The third kappa shape index (κ3) is 2.78. The van der Waals surface area contributed by atoms with Gasteiger partial charge in [0.1, 0.15) is 0 Å². The predicted molar refractivity (Wildman–Crippen MR) is 96.1 cm³/mol. The van der Waals surface area contributed by atoms with Crippen molar-refractivity contribution >= 4 is 39.2 Å². The maximum Gasteiger partial charge on any atom is 0.309 e. The van der Waals surface area contributed by atoms with E-state index in [0.717, 1.165) is 15.8 Å². The van der Waals surface area contributed by atoms with E-state index in [9.17, 15) is 9.59 Å². The van der Waals surface area contributed by atoms with Gasteiger partial charge in [0.15, 0.2) is 0 Å². The molecule has 4 aromatic rings. The van der Waals surface area contributed by atoms with Crippen molar-refractivity contribution in [1.29, 1.82) is 0 Å². The van der Waals surface area contributed by atoms with E-state index in [4.69, 9.17) is 5.11 Å². The predicted octanol–water partition coefficient (Wildman–Crippen LogP) is 2.68. The highest BCUT2D eigenvalue weighted by atomic mass is 32.1. The molecule has 0 unspecified atom stereocenters. The fourth-order valence-electron chi connectivity index (χ4n) is 2.88. The number of carboxylic acid groups (broad SMARTS) is 1. The molecule has 0 amide bonds. The standard InChI is InChI=1S/C18H13N3O3S/c22-17(23)9-15-11-5-1-2-6-12(11)18(24)21(19-15)10-16-13-7-3-4-8-14(13)20-25-16/h1-8H,9-10H2,(H,22,23). The molecule has 0 aliphatic rings. The SMILES string of the molecule is O=C(O)Cc1nn(Cc2snc3ccccc23)c(=O)c2ccccc12. The van der Waals surface area contributed by atoms with Crippen LogP contribution in [0.15, 0.2) is 53.3 Å². The molecule has 0 spiro atoms. The Morgan fingerprint density at radius 2 is 1.72 bits per heavy atom. The number of nitrogens with zero attached hydrogens (tertiary/aromatic N) is 3. The molecule has 6 nitrogen and oxygen atoms in total. The van der Waals surface area contributed by atoms with E-state index in [1.165, 1.54) is 16.2 Å². The summed E-state index contributed by atoms with van der Waals surface area (Å²) >= 11 is 1.33. The van der Waals surface area contributed by atoms with Crippen LogP contribution in [0.25, 0.3) is 21.7 Å². The van der Waals surface area contributed by atoms with E-state index in [1.54, 1.807) is 24.3 Å². The quantitative estimate of drug-likeness (QED) is 0.611. The van der Waals surface area contributed by atoms with E-state index >= 15 is 0 Å². The smallest absolute Gasteiger partial charge is 0.309 e. The largest absolute Gasteiger partial charge is 0.481 e. The summed E-state index contributed by atoms with van der Waals surface area (Å²) in [5.74, 6) is -0.980. The van der Waals surface area contributed by atoms with Gasteiger partial charge in [-0.25, -0.2) is 4.68 Å². The van der Waals surface area contributed by atoms with Crippen LogP contribution < -0.4 is 5.56 Å². The number of carboxylic acids is 1. The zero-order valence-corrected chi connectivity index (χ0v) is 13.9. The van der Waals surface area contributed by atoms with Gasteiger partial charge in [0.25, 0.3) is 5.56 Å². The first-order chi connectivity index (χ1) is 12.1. The average Bonchev–Trinajstić information content (AvgIpc) is 3.02. The summed E-state index contributed by atoms with van der Waals surface area (Å²) in [5.41, 5.74) is 1.03. The zero-order chi connectivity index (χ0) is 17.4. The van der Waals surface area contributed by atoms with Crippen molar-refractivity contribution in [2.75, 3.05) is 0 Å². The molecule has 0 bridgehead atoms. The molecule has 0 fully saturated rings. The zero-order valence-electron chi connectivity index (χ0n) is 13.0.